The molecule has 4 N–H and O–H groups in total. The molecule has 2 atom stereocenters. The summed E-state index contributed by atoms with van der Waals surface area (Å²) in [5.41, 5.74) is 8.58. The van der Waals surface area contributed by atoms with Gasteiger partial charge in [-0.1, -0.05) is 23.8 Å². The monoisotopic (exact) mass is 637 g/mol. The molecular formula is C32H37ClFN7O4. The Bertz CT molecular complexity index is 1690. The van der Waals surface area contributed by atoms with Crippen molar-refractivity contribution in [3.63, 3.8) is 0 Å². The lowest BCUT2D eigenvalue weighted by Gasteiger charge is -2.30. The third-order valence-corrected chi connectivity index (χ3v) is 9.68. The predicted octanol–water partition coefficient (Wildman–Crippen LogP) is 4.32. The third kappa shape index (κ3) is 5.27. The molecule has 0 radical (unpaired) electrons. The van der Waals surface area contributed by atoms with Crippen molar-refractivity contribution >= 4 is 40.2 Å². The summed E-state index contributed by atoms with van der Waals surface area (Å²) < 4.78 is 34.9. The first-order chi connectivity index (χ1) is 21.7. The number of halogens is 2. The van der Waals surface area contributed by atoms with Gasteiger partial charge in [0.25, 0.3) is 0 Å². The molecule has 7 rings (SSSR count). The highest BCUT2D eigenvalue weighted by Gasteiger charge is 2.50. The lowest BCUT2D eigenvalue weighted by atomic mass is 9.93. The fourth-order valence-corrected chi connectivity index (χ4v) is 7.60. The van der Waals surface area contributed by atoms with Crippen LogP contribution in [0.2, 0.25) is 5.02 Å². The van der Waals surface area contributed by atoms with Gasteiger partial charge >= 0.3 is 6.01 Å². The van der Waals surface area contributed by atoms with E-state index in [9.17, 15) is 5.11 Å². The number of pyridine rings is 1. The van der Waals surface area contributed by atoms with Crippen LogP contribution in [-0.2, 0) is 4.74 Å². The Balaban J connectivity index is 1.41. The summed E-state index contributed by atoms with van der Waals surface area (Å²) in [5.74, 6) is -0.0218. The number of aliphatic hydroxyl groups is 1. The maximum atomic E-state index is 17.1. The van der Waals surface area contributed by atoms with E-state index in [1.54, 1.807) is 6.07 Å². The summed E-state index contributed by atoms with van der Waals surface area (Å²) in [6.07, 6.45) is 4.42. The van der Waals surface area contributed by atoms with E-state index in [2.05, 4.69) is 21.4 Å². The molecule has 238 valence electrons. The molecule has 0 amide bonds. The largest absolute Gasteiger partial charge is 0.480 e. The zero-order valence-electron chi connectivity index (χ0n) is 25.2. The van der Waals surface area contributed by atoms with Crippen molar-refractivity contribution in [1.29, 1.82) is 5.41 Å². The predicted molar refractivity (Wildman–Crippen MR) is 170 cm³/mol. The average Bonchev–Trinajstić information content (AvgIpc) is 3.79. The number of anilines is 2. The van der Waals surface area contributed by atoms with Crippen molar-refractivity contribution in [3.05, 3.63) is 40.2 Å². The fraction of sp³-hybridized carbons (Fsp3) is 0.500. The molecule has 3 saturated heterocycles. The summed E-state index contributed by atoms with van der Waals surface area (Å²) in [6, 6.07) is 1.62. The summed E-state index contributed by atoms with van der Waals surface area (Å²) in [5, 5.41) is 19.4. The van der Waals surface area contributed by atoms with Gasteiger partial charge in [-0.05, 0) is 49.7 Å². The smallest absolute Gasteiger partial charge is 0.319 e. The molecule has 1 aliphatic carbocycles. The average molecular weight is 638 g/mol. The third-order valence-electron chi connectivity index (χ3n) is 9.36. The van der Waals surface area contributed by atoms with Crippen molar-refractivity contribution < 1.29 is 23.7 Å². The van der Waals surface area contributed by atoms with Crippen molar-refractivity contribution in [2.24, 2.45) is 0 Å². The highest BCUT2D eigenvalue weighted by molar-refractivity contribution is 6.32. The Morgan fingerprint density at radius 3 is 2.87 bits per heavy atom. The van der Waals surface area contributed by atoms with Crippen LogP contribution in [0.5, 0.6) is 11.9 Å². The number of β-amino-alcohol motifs (C(OH)–C–C–N with tert-alkyl or cyclic N) is 1. The molecule has 0 spiro atoms. The van der Waals surface area contributed by atoms with Gasteiger partial charge in [0.05, 0.1) is 25.4 Å². The number of methoxy groups -OCH3 is 1. The Labute approximate surface area is 265 Å². The molecule has 2 aromatic heterocycles. The number of hydrogen-bond acceptors (Lipinski definition) is 11. The minimum Gasteiger partial charge on any atom is -0.480 e. The number of nitrogens with zero attached hydrogens (tertiary/aromatic N) is 5. The Kier molecular flexibility index (Phi) is 7.79. The molecular weight excluding hydrogens is 601 g/mol. The van der Waals surface area contributed by atoms with Crippen LogP contribution >= 0.6 is 11.6 Å². The summed E-state index contributed by atoms with van der Waals surface area (Å²) >= 11 is 6.70. The quantitative estimate of drug-likeness (QED) is 0.186. The van der Waals surface area contributed by atoms with Gasteiger partial charge in [-0.2, -0.15) is 9.97 Å². The lowest BCUT2D eigenvalue weighted by Crippen LogP contribution is -2.43. The highest BCUT2D eigenvalue weighted by atomic mass is 35.5. The Morgan fingerprint density at radius 1 is 1.29 bits per heavy atom. The molecule has 1 saturated carbocycles. The number of rotatable bonds is 8. The van der Waals surface area contributed by atoms with Gasteiger partial charge in [0.15, 0.2) is 5.82 Å². The topological polar surface area (TPSA) is 143 Å². The van der Waals surface area contributed by atoms with Gasteiger partial charge < -0.3 is 35.4 Å². The first-order valence-electron chi connectivity index (χ1n) is 15.4. The number of nitrogen functional groups attached to an aromatic ring is 1. The van der Waals surface area contributed by atoms with Crippen LogP contribution in [0.1, 0.15) is 49.1 Å². The zero-order chi connectivity index (χ0) is 31.5. The van der Waals surface area contributed by atoms with Crippen molar-refractivity contribution in [2.45, 2.75) is 49.7 Å². The van der Waals surface area contributed by atoms with Crippen LogP contribution in [0.3, 0.4) is 0 Å². The standard InChI is InChI=1S/C32H37ClFN7O4/c1-17-11-32(12-19(42)15-41(32)14-17)16-45-31-38-28-25(29(39-31)40-6-3-8-44-9-7-40)30(43-2)37-27(26(28)34)24-20(13-35)22(36)10-21(33)23(24)18-4-5-18/h10,13,18-19,35,42H,1,3-9,11-12,14-16,36H2,2H3. The molecule has 4 fully saturated rings. The number of nitrogens with two attached hydrogens (primary N) is 1. The van der Waals surface area contributed by atoms with Crippen molar-refractivity contribution in [2.75, 3.05) is 63.7 Å². The van der Waals surface area contributed by atoms with Gasteiger partial charge in [0.2, 0.25) is 5.88 Å². The van der Waals surface area contributed by atoms with E-state index in [-0.39, 0.29) is 41.3 Å². The Morgan fingerprint density at radius 2 is 2.11 bits per heavy atom. The number of hydrogen-bond donors (Lipinski definition) is 3. The van der Waals surface area contributed by atoms with Gasteiger partial charge in [-0.3, -0.25) is 4.90 Å². The molecule has 3 aromatic rings. The maximum Gasteiger partial charge on any atom is 0.319 e. The minimum absolute atomic E-state index is 0.00861. The normalized spacial score (nSPS) is 23.8. The number of aliphatic hydroxyl groups excluding tert-OH is 1. The van der Waals surface area contributed by atoms with Crippen LogP contribution < -0.4 is 20.1 Å². The first kappa shape index (κ1) is 30.1. The minimum atomic E-state index is -0.706. The molecule has 0 bridgehead atoms. The van der Waals surface area contributed by atoms with Gasteiger partial charge in [-0.25, -0.2) is 9.37 Å². The second-order valence-electron chi connectivity index (χ2n) is 12.5. The maximum absolute atomic E-state index is 17.1. The molecule has 13 heteroatoms. The van der Waals surface area contributed by atoms with Gasteiger partial charge in [0.1, 0.15) is 29.0 Å². The molecule has 2 unspecified atom stereocenters. The first-order valence-corrected chi connectivity index (χ1v) is 15.7. The van der Waals surface area contributed by atoms with Gasteiger partial charge in [0, 0.05) is 60.8 Å². The fourth-order valence-electron chi connectivity index (χ4n) is 7.24. The molecule has 3 aliphatic heterocycles. The zero-order valence-corrected chi connectivity index (χ0v) is 26.0. The number of benzene rings is 1. The molecule has 1 aromatic carbocycles. The SMILES string of the molecule is C=C1CN2CC(O)CC2(COc2nc(N3CCCOCC3)c3c(OC)nc(-c4c(C=N)c(N)cc(Cl)c4C4CC4)c(F)c3n2)C1. The lowest BCUT2D eigenvalue weighted by molar-refractivity contribution is 0.107. The van der Waals surface area contributed by atoms with E-state index in [1.807, 2.05) is 4.90 Å². The Hall–Kier alpha value is -3.58. The van der Waals surface area contributed by atoms with E-state index in [4.69, 9.17) is 41.9 Å². The number of aromatic nitrogens is 3. The molecule has 45 heavy (non-hydrogen) atoms. The van der Waals surface area contributed by atoms with E-state index < -0.39 is 17.5 Å². The summed E-state index contributed by atoms with van der Waals surface area (Å²) in [6.45, 7) is 7.85. The second-order valence-corrected chi connectivity index (χ2v) is 12.9. The van der Waals surface area contributed by atoms with E-state index in [0.29, 0.717) is 85.2 Å². The number of ether oxygens (including phenoxy) is 3. The van der Waals surface area contributed by atoms with Crippen LogP contribution in [0, 0.1) is 11.2 Å². The van der Waals surface area contributed by atoms with E-state index in [1.165, 1.54) is 7.11 Å². The summed E-state index contributed by atoms with van der Waals surface area (Å²) in [4.78, 5) is 18.4. The second kappa shape index (κ2) is 11.7. The molecule has 5 heterocycles. The van der Waals surface area contributed by atoms with Crippen LogP contribution in [0.25, 0.3) is 22.2 Å². The molecule has 4 aliphatic rings. The van der Waals surface area contributed by atoms with Crippen LogP contribution in [0.4, 0.5) is 15.9 Å². The number of fused-ring (bicyclic) bond motifs is 2. The van der Waals surface area contributed by atoms with Crippen molar-refractivity contribution in [1.82, 2.24) is 19.9 Å². The molecule has 11 nitrogen and oxygen atoms in total. The van der Waals surface area contributed by atoms with Crippen LogP contribution in [-0.4, -0.2) is 95.9 Å². The van der Waals surface area contributed by atoms with Gasteiger partial charge in [-0.15, -0.1) is 0 Å². The van der Waals surface area contributed by atoms with E-state index >= 15 is 4.39 Å². The van der Waals surface area contributed by atoms with Crippen LogP contribution in [0.15, 0.2) is 18.2 Å². The van der Waals surface area contributed by atoms with E-state index in [0.717, 1.165) is 31.1 Å². The van der Waals surface area contributed by atoms with Crippen molar-refractivity contribution in [3.8, 4) is 23.1 Å². The highest BCUT2D eigenvalue weighted by Crippen LogP contribution is 2.51. The number of nitrogens with one attached hydrogen (secondary N) is 1. The summed E-state index contributed by atoms with van der Waals surface area (Å²) in [7, 11) is 1.47.